The Morgan fingerprint density at radius 2 is 1.86 bits per heavy atom. The number of imidazole rings is 1. The minimum atomic E-state index is -1.10. The fourth-order valence-electron chi connectivity index (χ4n) is 3.56. The summed E-state index contributed by atoms with van der Waals surface area (Å²) in [5, 5.41) is 7.22. The van der Waals surface area contributed by atoms with Gasteiger partial charge in [-0.1, -0.05) is 18.2 Å². The summed E-state index contributed by atoms with van der Waals surface area (Å²) in [4.78, 5) is 39.9. The Morgan fingerprint density at radius 3 is 2.65 bits per heavy atom. The number of ether oxygens (including phenoxy) is 1. The molecule has 0 spiro atoms. The number of nitrogens with zero attached hydrogens (tertiary/aromatic N) is 5. The molecule has 0 bridgehead atoms. The number of aromatic amines is 1. The molecule has 0 aliphatic heterocycles. The number of esters is 1. The average molecular weight is 497 g/mol. The summed E-state index contributed by atoms with van der Waals surface area (Å²) in [5.41, 5.74) is 3.49. The van der Waals surface area contributed by atoms with Gasteiger partial charge in [-0.25, -0.2) is 28.8 Å². The summed E-state index contributed by atoms with van der Waals surface area (Å²) in [6.45, 7) is 1.45. The van der Waals surface area contributed by atoms with E-state index in [0.717, 1.165) is 5.69 Å². The van der Waals surface area contributed by atoms with Crippen LogP contribution in [-0.2, 0) is 14.3 Å². The second kappa shape index (κ2) is 10.2. The van der Waals surface area contributed by atoms with E-state index in [1.807, 2.05) is 30.3 Å². The maximum Gasteiger partial charge on any atom is 0.331 e. The molecule has 0 saturated heterocycles. The van der Waals surface area contributed by atoms with Crippen molar-refractivity contribution < 1.29 is 18.7 Å². The minimum Gasteiger partial charge on any atom is -0.449 e. The number of rotatable bonds is 7. The molecule has 0 aliphatic rings. The number of benzene rings is 2. The number of amides is 1. The fourth-order valence-corrected chi connectivity index (χ4v) is 3.56. The number of aromatic nitrogens is 6. The van der Waals surface area contributed by atoms with Crippen LogP contribution in [0, 0.1) is 5.82 Å². The molecule has 0 radical (unpaired) electrons. The third kappa shape index (κ3) is 5.25. The molecule has 0 saturated carbocycles. The number of H-pyrrole nitrogens is 1. The highest BCUT2D eigenvalue weighted by Gasteiger charge is 2.19. The predicted molar refractivity (Wildman–Crippen MR) is 134 cm³/mol. The van der Waals surface area contributed by atoms with Gasteiger partial charge in [-0.05, 0) is 49.4 Å². The smallest absolute Gasteiger partial charge is 0.331 e. The number of para-hydroxylation sites is 1. The van der Waals surface area contributed by atoms with Crippen LogP contribution < -0.4 is 5.32 Å². The van der Waals surface area contributed by atoms with Crippen molar-refractivity contribution >= 4 is 34.9 Å². The molecule has 3 aromatic heterocycles. The van der Waals surface area contributed by atoms with E-state index >= 15 is 0 Å². The quantitative estimate of drug-likeness (QED) is 0.258. The second-order valence-corrected chi connectivity index (χ2v) is 7.95. The first-order chi connectivity index (χ1) is 18.0. The lowest BCUT2D eigenvalue weighted by Gasteiger charge is -2.12. The molecule has 1 amide bonds. The third-order valence-electron chi connectivity index (χ3n) is 5.41. The van der Waals surface area contributed by atoms with Crippen molar-refractivity contribution in [1.29, 1.82) is 0 Å². The normalized spacial score (nSPS) is 12.1. The van der Waals surface area contributed by atoms with Crippen LogP contribution in [0.4, 0.5) is 10.2 Å². The maximum absolute atomic E-state index is 13.5. The highest BCUT2D eigenvalue weighted by molar-refractivity contribution is 6.00. The van der Waals surface area contributed by atoms with E-state index in [2.05, 4.69) is 30.4 Å². The Balaban J connectivity index is 1.32. The van der Waals surface area contributed by atoms with E-state index in [4.69, 9.17) is 4.74 Å². The van der Waals surface area contributed by atoms with Gasteiger partial charge in [0.2, 0.25) is 0 Å². The summed E-state index contributed by atoms with van der Waals surface area (Å²) in [6, 6.07) is 15.3. The van der Waals surface area contributed by atoms with Gasteiger partial charge in [0.15, 0.2) is 17.6 Å². The number of hydrogen-bond donors (Lipinski definition) is 2. The number of carbonyl (C=O) groups excluding carboxylic acids is 2. The molecule has 5 aromatic rings. The highest BCUT2D eigenvalue weighted by atomic mass is 19.1. The number of hydrogen-bond acceptors (Lipinski definition) is 7. The summed E-state index contributed by atoms with van der Waals surface area (Å²) in [6.07, 6.45) is 6.10. The molecule has 184 valence electrons. The van der Waals surface area contributed by atoms with Crippen LogP contribution in [0.1, 0.15) is 12.5 Å². The first-order valence-electron chi connectivity index (χ1n) is 11.2. The van der Waals surface area contributed by atoms with Gasteiger partial charge >= 0.3 is 5.97 Å². The Kier molecular flexibility index (Phi) is 6.49. The molecule has 0 fully saturated rings. The van der Waals surface area contributed by atoms with Gasteiger partial charge in [-0.3, -0.25) is 4.79 Å². The molecule has 1 atom stereocenters. The third-order valence-corrected chi connectivity index (χ3v) is 5.41. The van der Waals surface area contributed by atoms with Crippen LogP contribution in [0.2, 0.25) is 0 Å². The Hall–Kier alpha value is -5.19. The number of nitrogens with one attached hydrogen (secondary N) is 2. The number of carbonyl (C=O) groups is 2. The summed E-state index contributed by atoms with van der Waals surface area (Å²) in [5.74, 6) is -1.44. The monoisotopic (exact) mass is 497 g/mol. The van der Waals surface area contributed by atoms with Gasteiger partial charge in [-0.2, -0.15) is 5.10 Å². The Bertz CT molecular complexity index is 1590. The van der Waals surface area contributed by atoms with E-state index in [1.54, 1.807) is 23.0 Å². The Labute approximate surface area is 209 Å². The first-order valence-corrected chi connectivity index (χ1v) is 11.2. The van der Waals surface area contributed by atoms with Crippen molar-refractivity contribution in [2.75, 3.05) is 5.32 Å². The van der Waals surface area contributed by atoms with E-state index in [9.17, 15) is 14.0 Å². The van der Waals surface area contributed by atoms with Crippen LogP contribution in [0.5, 0.6) is 0 Å². The van der Waals surface area contributed by atoms with Crippen molar-refractivity contribution in [3.63, 3.8) is 0 Å². The summed E-state index contributed by atoms with van der Waals surface area (Å²) in [7, 11) is 0. The van der Waals surface area contributed by atoms with Crippen molar-refractivity contribution in [3.05, 3.63) is 90.9 Å². The lowest BCUT2D eigenvalue weighted by molar-refractivity contribution is -0.148. The summed E-state index contributed by atoms with van der Waals surface area (Å²) >= 11 is 0. The zero-order valence-electron chi connectivity index (χ0n) is 19.5. The van der Waals surface area contributed by atoms with Gasteiger partial charge in [0.25, 0.3) is 5.91 Å². The van der Waals surface area contributed by atoms with Crippen molar-refractivity contribution in [2.24, 2.45) is 0 Å². The number of fused-ring (bicyclic) bond motifs is 1. The van der Waals surface area contributed by atoms with E-state index in [-0.39, 0.29) is 11.6 Å². The van der Waals surface area contributed by atoms with Crippen molar-refractivity contribution in [1.82, 2.24) is 29.7 Å². The van der Waals surface area contributed by atoms with Crippen molar-refractivity contribution in [3.8, 4) is 16.9 Å². The van der Waals surface area contributed by atoms with Crippen LogP contribution in [0.3, 0.4) is 0 Å². The molecule has 0 aliphatic carbocycles. The zero-order valence-corrected chi connectivity index (χ0v) is 19.5. The average Bonchev–Trinajstić information content (AvgIpc) is 3.56. The molecular formula is C26H20FN7O3. The molecule has 2 aromatic carbocycles. The zero-order chi connectivity index (χ0) is 25.8. The van der Waals surface area contributed by atoms with Gasteiger partial charge in [-0.15, -0.1) is 0 Å². The molecule has 37 heavy (non-hydrogen) atoms. The molecule has 2 N–H and O–H groups in total. The highest BCUT2D eigenvalue weighted by Crippen LogP contribution is 2.25. The lowest BCUT2D eigenvalue weighted by atomic mass is 10.1. The SMILES string of the molecule is CC(OC(=O)/C=C/c1cn(-c2ccccc2)nc1-c1ccc(F)cc1)C(=O)Nc1ncnc2nc[nH]c12. The predicted octanol–water partition coefficient (Wildman–Crippen LogP) is 3.93. The lowest BCUT2D eigenvalue weighted by Crippen LogP contribution is -2.29. The topological polar surface area (TPSA) is 128 Å². The Morgan fingerprint density at radius 1 is 1.08 bits per heavy atom. The molecule has 1 unspecified atom stereocenters. The van der Waals surface area contributed by atoms with Gasteiger partial charge in [0.1, 0.15) is 17.7 Å². The minimum absolute atomic E-state index is 0.225. The van der Waals surface area contributed by atoms with E-state index < -0.39 is 18.0 Å². The maximum atomic E-state index is 13.5. The van der Waals surface area contributed by atoms with Crippen LogP contribution in [0.15, 0.2) is 79.5 Å². The molecular weight excluding hydrogens is 477 g/mol. The summed E-state index contributed by atoms with van der Waals surface area (Å²) < 4.78 is 20.4. The van der Waals surface area contributed by atoms with Crippen molar-refractivity contribution in [2.45, 2.75) is 13.0 Å². The van der Waals surface area contributed by atoms with E-state index in [1.165, 1.54) is 43.9 Å². The molecule has 11 heteroatoms. The second-order valence-electron chi connectivity index (χ2n) is 7.95. The molecule has 10 nitrogen and oxygen atoms in total. The van der Waals surface area contributed by atoms with Crippen LogP contribution >= 0.6 is 0 Å². The van der Waals surface area contributed by atoms with Gasteiger partial charge < -0.3 is 15.0 Å². The van der Waals surface area contributed by atoms with Crippen LogP contribution in [-0.4, -0.2) is 47.7 Å². The number of halogens is 1. The first kappa shape index (κ1) is 23.5. The molecule has 5 rings (SSSR count). The molecule has 3 heterocycles. The van der Waals surface area contributed by atoms with Gasteiger partial charge in [0, 0.05) is 23.4 Å². The van der Waals surface area contributed by atoms with Crippen LogP contribution in [0.25, 0.3) is 34.2 Å². The fraction of sp³-hybridized carbons (Fsp3) is 0.0769. The largest absolute Gasteiger partial charge is 0.449 e. The van der Waals surface area contributed by atoms with E-state index in [0.29, 0.717) is 28.0 Å². The van der Waals surface area contributed by atoms with Gasteiger partial charge in [0.05, 0.1) is 17.7 Å². The number of anilines is 1. The standard InChI is InChI=1S/C26H20FN7O3/c1-16(26(36)32-25-23-24(29-14-28-23)30-15-31-25)37-21(35)12-9-18-13-34(20-5-3-2-4-6-20)33-22(18)17-7-10-19(27)11-8-17/h2-16H,1H3,(H2,28,29,30,31,32,36)/b12-9+.